The van der Waals surface area contributed by atoms with Crippen LogP contribution in [0.4, 0.5) is 0 Å². The average molecular weight is 247 g/mol. The Morgan fingerprint density at radius 2 is 2.28 bits per heavy atom. The highest BCUT2D eigenvalue weighted by molar-refractivity contribution is 5.77. The zero-order valence-electron chi connectivity index (χ0n) is 11.1. The number of fused-ring (bicyclic) bond motifs is 1. The number of nitrogens with one attached hydrogen (secondary N) is 2. The number of hydrogen-bond acceptors (Lipinski definition) is 3. The van der Waals surface area contributed by atoms with Crippen molar-refractivity contribution in [2.24, 2.45) is 0 Å². The monoisotopic (exact) mass is 247 g/mol. The summed E-state index contributed by atoms with van der Waals surface area (Å²) in [5, 5.41) is 6.11. The van der Waals surface area contributed by atoms with Gasteiger partial charge in [-0.1, -0.05) is 24.3 Å². The Hall–Kier alpha value is -1.39. The molecule has 1 aliphatic heterocycles. The summed E-state index contributed by atoms with van der Waals surface area (Å²) in [6.07, 6.45) is 1.03. The molecule has 0 radical (unpaired) electrons. The molecular formula is C14H21N3O. The van der Waals surface area contributed by atoms with Crippen LogP contribution in [0.3, 0.4) is 0 Å². The average Bonchev–Trinajstić information content (AvgIpc) is 2.60. The molecule has 98 valence electrons. The molecule has 1 heterocycles. The van der Waals surface area contributed by atoms with Crippen LogP contribution in [-0.4, -0.2) is 38.0 Å². The Morgan fingerprint density at radius 3 is 3.06 bits per heavy atom. The van der Waals surface area contributed by atoms with E-state index >= 15 is 0 Å². The molecule has 1 amide bonds. The first-order chi connectivity index (χ1) is 8.72. The molecule has 0 aromatic heterocycles. The van der Waals surface area contributed by atoms with Crippen LogP contribution in [0.25, 0.3) is 0 Å². The number of benzene rings is 1. The minimum absolute atomic E-state index is 0.0622. The molecule has 0 saturated carbocycles. The molecule has 0 spiro atoms. The Kier molecular flexibility index (Phi) is 4.33. The standard InChI is InChI=1S/C14H21N3O/c1-15-14(18)10-17(2)13-7-8-16-9-11-5-3-4-6-12(11)13/h3-6,13,16H,7-10H2,1-2H3,(H,15,18). The summed E-state index contributed by atoms with van der Waals surface area (Å²) in [5.41, 5.74) is 2.68. The van der Waals surface area contributed by atoms with E-state index in [-0.39, 0.29) is 5.91 Å². The molecule has 4 nitrogen and oxygen atoms in total. The number of rotatable bonds is 3. The van der Waals surface area contributed by atoms with E-state index in [2.05, 4.69) is 39.8 Å². The van der Waals surface area contributed by atoms with Crippen molar-refractivity contribution in [3.05, 3.63) is 35.4 Å². The van der Waals surface area contributed by atoms with E-state index in [9.17, 15) is 4.79 Å². The number of amides is 1. The van der Waals surface area contributed by atoms with Crippen molar-refractivity contribution in [1.29, 1.82) is 0 Å². The maximum absolute atomic E-state index is 11.5. The highest BCUT2D eigenvalue weighted by Crippen LogP contribution is 2.27. The van der Waals surface area contributed by atoms with Crippen LogP contribution < -0.4 is 10.6 Å². The van der Waals surface area contributed by atoms with Crippen LogP contribution in [0.1, 0.15) is 23.6 Å². The van der Waals surface area contributed by atoms with Crippen molar-refractivity contribution in [2.45, 2.75) is 19.0 Å². The van der Waals surface area contributed by atoms with Gasteiger partial charge in [-0.25, -0.2) is 0 Å². The Bertz CT molecular complexity index is 419. The minimum Gasteiger partial charge on any atom is -0.358 e. The summed E-state index contributed by atoms with van der Waals surface area (Å²) in [7, 11) is 3.70. The summed E-state index contributed by atoms with van der Waals surface area (Å²) >= 11 is 0. The van der Waals surface area contributed by atoms with Gasteiger partial charge in [0.25, 0.3) is 0 Å². The fourth-order valence-electron chi connectivity index (χ4n) is 2.51. The van der Waals surface area contributed by atoms with Gasteiger partial charge >= 0.3 is 0 Å². The van der Waals surface area contributed by atoms with Gasteiger partial charge in [0.05, 0.1) is 6.54 Å². The first-order valence-electron chi connectivity index (χ1n) is 6.41. The number of hydrogen-bond donors (Lipinski definition) is 2. The largest absolute Gasteiger partial charge is 0.358 e. The Balaban J connectivity index is 2.19. The van der Waals surface area contributed by atoms with E-state index in [1.165, 1.54) is 11.1 Å². The van der Waals surface area contributed by atoms with Gasteiger partial charge in [-0.15, -0.1) is 0 Å². The number of nitrogens with zero attached hydrogens (tertiary/aromatic N) is 1. The van der Waals surface area contributed by atoms with E-state index in [0.717, 1.165) is 19.5 Å². The molecular weight excluding hydrogens is 226 g/mol. The fraction of sp³-hybridized carbons (Fsp3) is 0.500. The van der Waals surface area contributed by atoms with E-state index in [1.54, 1.807) is 7.05 Å². The van der Waals surface area contributed by atoms with Gasteiger partial charge in [0.15, 0.2) is 0 Å². The van der Waals surface area contributed by atoms with Crippen LogP contribution in [0, 0.1) is 0 Å². The predicted octanol–water partition coefficient (Wildman–Crippen LogP) is 0.899. The Morgan fingerprint density at radius 1 is 1.50 bits per heavy atom. The maximum atomic E-state index is 11.5. The summed E-state index contributed by atoms with van der Waals surface area (Å²) in [6, 6.07) is 8.79. The molecule has 4 heteroatoms. The van der Waals surface area contributed by atoms with Gasteiger partial charge < -0.3 is 10.6 Å². The fourth-order valence-corrected chi connectivity index (χ4v) is 2.51. The van der Waals surface area contributed by atoms with Crippen molar-refractivity contribution in [3.8, 4) is 0 Å². The van der Waals surface area contributed by atoms with Gasteiger partial charge in [-0.2, -0.15) is 0 Å². The lowest BCUT2D eigenvalue weighted by atomic mass is 9.98. The molecule has 0 bridgehead atoms. The molecule has 18 heavy (non-hydrogen) atoms. The van der Waals surface area contributed by atoms with Gasteiger partial charge in [0, 0.05) is 19.6 Å². The summed E-state index contributed by atoms with van der Waals surface area (Å²) in [6.45, 7) is 2.34. The molecule has 1 aromatic carbocycles. The number of carbonyl (C=O) groups is 1. The molecule has 0 aliphatic carbocycles. The third-order valence-corrected chi connectivity index (χ3v) is 3.53. The van der Waals surface area contributed by atoms with Gasteiger partial charge in [-0.05, 0) is 31.1 Å². The summed E-state index contributed by atoms with van der Waals surface area (Å²) in [5.74, 6) is 0.0622. The second kappa shape index (κ2) is 5.98. The minimum atomic E-state index is 0.0622. The third-order valence-electron chi connectivity index (χ3n) is 3.53. The molecule has 1 atom stereocenters. The van der Waals surface area contributed by atoms with Crippen molar-refractivity contribution in [2.75, 3.05) is 27.2 Å². The molecule has 2 N–H and O–H groups in total. The first-order valence-corrected chi connectivity index (χ1v) is 6.41. The van der Waals surface area contributed by atoms with Crippen LogP contribution in [0.15, 0.2) is 24.3 Å². The number of likely N-dealkylation sites (N-methyl/N-ethyl adjacent to an activating group) is 2. The first kappa shape index (κ1) is 13.1. The van der Waals surface area contributed by atoms with E-state index in [4.69, 9.17) is 0 Å². The molecule has 1 unspecified atom stereocenters. The quantitative estimate of drug-likeness (QED) is 0.834. The highest BCUT2D eigenvalue weighted by atomic mass is 16.1. The normalized spacial score (nSPS) is 19.2. The molecule has 1 aliphatic rings. The highest BCUT2D eigenvalue weighted by Gasteiger charge is 2.22. The second-order valence-corrected chi connectivity index (χ2v) is 4.77. The van der Waals surface area contributed by atoms with E-state index < -0.39 is 0 Å². The van der Waals surface area contributed by atoms with Crippen LogP contribution >= 0.6 is 0 Å². The third kappa shape index (κ3) is 2.89. The predicted molar refractivity (Wildman–Crippen MR) is 72.2 cm³/mol. The molecule has 0 fully saturated rings. The lowest BCUT2D eigenvalue weighted by Gasteiger charge is -2.27. The number of carbonyl (C=O) groups excluding carboxylic acids is 1. The van der Waals surface area contributed by atoms with Gasteiger partial charge in [-0.3, -0.25) is 9.69 Å². The van der Waals surface area contributed by atoms with Crippen molar-refractivity contribution >= 4 is 5.91 Å². The van der Waals surface area contributed by atoms with E-state index in [0.29, 0.717) is 12.6 Å². The van der Waals surface area contributed by atoms with Crippen LogP contribution in [0.2, 0.25) is 0 Å². The van der Waals surface area contributed by atoms with Crippen molar-refractivity contribution in [3.63, 3.8) is 0 Å². The van der Waals surface area contributed by atoms with E-state index in [1.807, 2.05) is 7.05 Å². The van der Waals surface area contributed by atoms with Gasteiger partial charge in [0.2, 0.25) is 5.91 Å². The van der Waals surface area contributed by atoms with Crippen molar-refractivity contribution < 1.29 is 4.79 Å². The lowest BCUT2D eigenvalue weighted by Crippen LogP contribution is -2.36. The zero-order chi connectivity index (χ0) is 13.0. The topological polar surface area (TPSA) is 44.4 Å². The lowest BCUT2D eigenvalue weighted by molar-refractivity contribution is -0.122. The van der Waals surface area contributed by atoms with Crippen molar-refractivity contribution in [1.82, 2.24) is 15.5 Å². The smallest absolute Gasteiger partial charge is 0.233 e. The van der Waals surface area contributed by atoms with Crippen LogP contribution in [-0.2, 0) is 11.3 Å². The molecule has 2 rings (SSSR count). The SMILES string of the molecule is CNC(=O)CN(C)C1CCNCc2ccccc21. The second-order valence-electron chi connectivity index (χ2n) is 4.77. The zero-order valence-corrected chi connectivity index (χ0v) is 11.1. The maximum Gasteiger partial charge on any atom is 0.233 e. The Labute approximate surface area is 108 Å². The summed E-state index contributed by atoms with van der Waals surface area (Å²) in [4.78, 5) is 13.6. The summed E-state index contributed by atoms with van der Waals surface area (Å²) < 4.78 is 0. The van der Waals surface area contributed by atoms with Crippen LogP contribution in [0.5, 0.6) is 0 Å². The van der Waals surface area contributed by atoms with Gasteiger partial charge in [0.1, 0.15) is 0 Å². The molecule has 1 aromatic rings. The molecule has 0 saturated heterocycles.